The second-order valence-corrected chi connectivity index (χ2v) is 5.06. The van der Waals surface area contributed by atoms with Gasteiger partial charge in [-0.15, -0.1) is 0 Å². The van der Waals surface area contributed by atoms with Crippen LogP contribution in [-0.2, 0) is 25.7 Å². The van der Waals surface area contributed by atoms with Crippen molar-refractivity contribution in [1.82, 2.24) is 0 Å². The van der Waals surface area contributed by atoms with Crippen LogP contribution in [0.25, 0.3) is 0 Å². The smallest absolute Gasteiger partial charge is 0.0273 e. The molecule has 0 aromatic heterocycles. The molecule has 0 amide bonds. The standard InChI is InChI=1S/C16H24/c1-4-13-11-12(3)14(5-2)16-10-8-6-7-9-15(13)16/h11H,4-10H2,1-3H3. The van der Waals surface area contributed by atoms with Gasteiger partial charge in [-0.1, -0.05) is 26.3 Å². The Bertz CT molecular complexity index is 374. The zero-order chi connectivity index (χ0) is 11.5. The summed E-state index contributed by atoms with van der Waals surface area (Å²) in [6.45, 7) is 6.90. The first-order chi connectivity index (χ1) is 7.77. The third kappa shape index (κ3) is 2.03. The molecule has 0 fully saturated rings. The SMILES string of the molecule is CCc1cc(C)c(CC)c2c1CCCCC2. The van der Waals surface area contributed by atoms with Crippen molar-refractivity contribution in [3.05, 3.63) is 33.9 Å². The van der Waals surface area contributed by atoms with Gasteiger partial charge in [-0.3, -0.25) is 0 Å². The zero-order valence-electron chi connectivity index (χ0n) is 11.0. The molecule has 0 N–H and O–H groups in total. The molecule has 2 rings (SSSR count). The maximum absolute atomic E-state index is 2.45. The van der Waals surface area contributed by atoms with E-state index in [1.165, 1.54) is 50.5 Å². The highest BCUT2D eigenvalue weighted by molar-refractivity contribution is 5.46. The molecule has 0 nitrogen and oxygen atoms in total. The van der Waals surface area contributed by atoms with Gasteiger partial charge >= 0.3 is 0 Å². The van der Waals surface area contributed by atoms with Gasteiger partial charge in [-0.05, 0) is 73.3 Å². The van der Waals surface area contributed by atoms with Crippen LogP contribution >= 0.6 is 0 Å². The Morgan fingerprint density at radius 2 is 1.62 bits per heavy atom. The Kier molecular flexibility index (Phi) is 3.68. The van der Waals surface area contributed by atoms with Crippen molar-refractivity contribution >= 4 is 0 Å². The number of hydrogen-bond donors (Lipinski definition) is 0. The van der Waals surface area contributed by atoms with E-state index < -0.39 is 0 Å². The van der Waals surface area contributed by atoms with Gasteiger partial charge in [0.05, 0.1) is 0 Å². The summed E-state index contributed by atoms with van der Waals surface area (Å²) in [5, 5.41) is 0. The second kappa shape index (κ2) is 5.03. The highest BCUT2D eigenvalue weighted by Crippen LogP contribution is 2.30. The van der Waals surface area contributed by atoms with Gasteiger partial charge < -0.3 is 0 Å². The maximum atomic E-state index is 2.45. The Hall–Kier alpha value is -0.780. The summed E-state index contributed by atoms with van der Waals surface area (Å²) in [7, 11) is 0. The van der Waals surface area contributed by atoms with Crippen molar-refractivity contribution < 1.29 is 0 Å². The predicted octanol–water partition coefficient (Wildman–Crippen LogP) is 4.39. The average molecular weight is 216 g/mol. The van der Waals surface area contributed by atoms with Crippen molar-refractivity contribution in [3.63, 3.8) is 0 Å². The molecular weight excluding hydrogens is 192 g/mol. The van der Waals surface area contributed by atoms with Gasteiger partial charge in [0, 0.05) is 0 Å². The van der Waals surface area contributed by atoms with Gasteiger partial charge in [0.1, 0.15) is 0 Å². The van der Waals surface area contributed by atoms with Crippen LogP contribution in [0.5, 0.6) is 0 Å². The Morgan fingerprint density at radius 3 is 2.25 bits per heavy atom. The average Bonchev–Trinajstić information content (AvgIpc) is 2.53. The first-order valence-corrected chi connectivity index (χ1v) is 6.91. The molecule has 0 radical (unpaired) electrons. The monoisotopic (exact) mass is 216 g/mol. The molecule has 0 saturated heterocycles. The van der Waals surface area contributed by atoms with E-state index in [1.54, 1.807) is 22.3 Å². The van der Waals surface area contributed by atoms with E-state index in [9.17, 15) is 0 Å². The van der Waals surface area contributed by atoms with Gasteiger partial charge in [0.2, 0.25) is 0 Å². The van der Waals surface area contributed by atoms with E-state index in [-0.39, 0.29) is 0 Å². The molecule has 1 aliphatic carbocycles. The van der Waals surface area contributed by atoms with Crippen molar-refractivity contribution in [2.24, 2.45) is 0 Å². The first-order valence-electron chi connectivity index (χ1n) is 6.91. The molecule has 0 heterocycles. The van der Waals surface area contributed by atoms with Gasteiger partial charge in [0.25, 0.3) is 0 Å². The normalized spacial score (nSPS) is 15.7. The van der Waals surface area contributed by atoms with E-state index in [4.69, 9.17) is 0 Å². The Labute approximate surface area is 100 Å². The van der Waals surface area contributed by atoms with E-state index in [0.717, 1.165) is 0 Å². The molecular formula is C16H24. The third-order valence-electron chi connectivity index (χ3n) is 4.07. The molecule has 1 aliphatic rings. The van der Waals surface area contributed by atoms with Crippen LogP contribution in [0.2, 0.25) is 0 Å². The number of hydrogen-bond acceptors (Lipinski definition) is 0. The number of benzene rings is 1. The molecule has 1 aromatic carbocycles. The molecule has 0 saturated carbocycles. The molecule has 0 heteroatoms. The van der Waals surface area contributed by atoms with Gasteiger partial charge in [0.15, 0.2) is 0 Å². The van der Waals surface area contributed by atoms with Crippen LogP contribution in [0.3, 0.4) is 0 Å². The lowest BCUT2D eigenvalue weighted by atomic mass is 9.87. The summed E-state index contributed by atoms with van der Waals surface area (Å²) < 4.78 is 0. The molecule has 16 heavy (non-hydrogen) atoms. The summed E-state index contributed by atoms with van der Waals surface area (Å²) in [4.78, 5) is 0. The largest absolute Gasteiger partial charge is 0.0613 e. The molecule has 0 aliphatic heterocycles. The summed E-state index contributed by atoms with van der Waals surface area (Å²) in [5.74, 6) is 0. The minimum atomic E-state index is 1.20. The maximum Gasteiger partial charge on any atom is -0.0273 e. The lowest BCUT2D eigenvalue weighted by Gasteiger charge is -2.18. The third-order valence-corrected chi connectivity index (χ3v) is 4.07. The minimum absolute atomic E-state index is 1.20. The lowest BCUT2D eigenvalue weighted by Crippen LogP contribution is -2.04. The topological polar surface area (TPSA) is 0 Å². The fraction of sp³-hybridized carbons (Fsp3) is 0.625. The van der Waals surface area contributed by atoms with Crippen molar-refractivity contribution in [2.75, 3.05) is 0 Å². The Balaban J connectivity index is 2.58. The van der Waals surface area contributed by atoms with Crippen molar-refractivity contribution in [2.45, 2.75) is 65.7 Å². The number of fused-ring (bicyclic) bond motifs is 1. The van der Waals surface area contributed by atoms with E-state index >= 15 is 0 Å². The van der Waals surface area contributed by atoms with Crippen molar-refractivity contribution in [1.29, 1.82) is 0 Å². The van der Waals surface area contributed by atoms with Crippen LogP contribution in [0, 0.1) is 6.92 Å². The van der Waals surface area contributed by atoms with Crippen LogP contribution in [0.4, 0.5) is 0 Å². The first kappa shape index (κ1) is 11.7. The predicted molar refractivity (Wildman–Crippen MR) is 71.2 cm³/mol. The highest BCUT2D eigenvalue weighted by Gasteiger charge is 2.16. The molecule has 88 valence electrons. The molecule has 0 unspecified atom stereocenters. The fourth-order valence-electron chi connectivity index (χ4n) is 3.25. The number of aryl methyl sites for hydroxylation is 2. The van der Waals surface area contributed by atoms with E-state index in [2.05, 4.69) is 26.8 Å². The summed E-state index contributed by atoms with van der Waals surface area (Å²) in [6, 6.07) is 2.45. The van der Waals surface area contributed by atoms with Crippen molar-refractivity contribution in [3.8, 4) is 0 Å². The van der Waals surface area contributed by atoms with Gasteiger partial charge in [-0.25, -0.2) is 0 Å². The number of rotatable bonds is 2. The van der Waals surface area contributed by atoms with Crippen LogP contribution in [0.15, 0.2) is 6.07 Å². The van der Waals surface area contributed by atoms with Gasteiger partial charge in [-0.2, -0.15) is 0 Å². The summed E-state index contributed by atoms with van der Waals surface area (Å²) in [5.41, 5.74) is 8.22. The highest BCUT2D eigenvalue weighted by atomic mass is 14.2. The molecule has 0 spiro atoms. The molecule has 0 atom stereocenters. The summed E-state index contributed by atoms with van der Waals surface area (Å²) >= 11 is 0. The molecule has 0 bridgehead atoms. The van der Waals surface area contributed by atoms with Crippen LogP contribution in [0.1, 0.15) is 60.9 Å². The quantitative estimate of drug-likeness (QED) is 0.643. The van der Waals surface area contributed by atoms with E-state index in [0.29, 0.717) is 0 Å². The van der Waals surface area contributed by atoms with Crippen LogP contribution < -0.4 is 0 Å². The van der Waals surface area contributed by atoms with Crippen LogP contribution in [-0.4, -0.2) is 0 Å². The fourth-order valence-corrected chi connectivity index (χ4v) is 3.25. The Morgan fingerprint density at radius 1 is 0.938 bits per heavy atom. The second-order valence-electron chi connectivity index (χ2n) is 5.06. The molecule has 1 aromatic rings. The lowest BCUT2D eigenvalue weighted by molar-refractivity contribution is 0.709. The zero-order valence-corrected chi connectivity index (χ0v) is 11.0. The van der Waals surface area contributed by atoms with E-state index in [1.807, 2.05) is 0 Å². The summed E-state index contributed by atoms with van der Waals surface area (Å²) in [6.07, 6.45) is 9.27. The minimum Gasteiger partial charge on any atom is -0.0613 e.